The summed E-state index contributed by atoms with van der Waals surface area (Å²) in [5, 5.41) is 0. The zero-order valence-electron chi connectivity index (χ0n) is 13.3. The van der Waals surface area contributed by atoms with E-state index in [1.54, 1.807) is 14.1 Å². The molecule has 1 heterocycles. The molecular formula is C14H26N2O4. The number of likely N-dealkylation sites (tertiary alicyclic amines) is 1. The average molecular weight is 286 g/mol. The van der Waals surface area contributed by atoms with Gasteiger partial charge < -0.3 is 14.4 Å². The van der Waals surface area contributed by atoms with Gasteiger partial charge in [-0.2, -0.15) is 0 Å². The molecule has 20 heavy (non-hydrogen) atoms. The molecular weight excluding hydrogens is 260 g/mol. The van der Waals surface area contributed by atoms with E-state index in [0.29, 0.717) is 19.6 Å². The Bertz CT molecular complexity index is 363. The normalized spacial score (nSPS) is 22.8. The highest BCUT2D eigenvalue weighted by Gasteiger charge is 2.42. The highest BCUT2D eigenvalue weighted by Crippen LogP contribution is 2.24. The van der Waals surface area contributed by atoms with E-state index in [0.717, 1.165) is 0 Å². The minimum atomic E-state index is -0.577. The summed E-state index contributed by atoms with van der Waals surface area (Å²) in [6.45, 7) is 8.29. The molecule has 0 aromatic rings. The highest BCUT2D eigenvalue weighted by molar-refractivity contribution is 5.86. The number of carbonyl (C=O) groups excluding carboxylic acids is 2. The molecule has 1 fully saturated rings. The van der Waals surface area contributed by atoms with E-state index in [2.05, 4.69) is 0 Å². The predicted molar refractivity (Wildman–Crippen MR) is 75.5 cm³/mol. The van der Waals surface area contributed by atoms with Crippen molar-refractivity contribution < 1.29 is 19.1 Å². The van der Waals surface area contributed by atoms with E-state index in [1.807, 2.05) is 27.7 Å². The highest BCUT2D eigenvalue weighted by atomic mass is 16.6. The van der Waals surface area contributed by atoms with Crippen molar-refractivity contribution >= 4 is 12.0 Å². The van der Waals surface area contributed by atoms with Crippen LogP contribution in [-0.2, 0) is 14.3 Å². The number of likely N-dealkylation sites (N-methyl/N-ethyl adjacent to an activating group) is 1. The van der Waals surface area contributed by atoms with Crippen molar-refractivity contribution in [2.24, 2.45) is 0 Å². The number of nitrogens with zero attached hydrogens (tertiary/aromatic N) is 2. The van der Waals surface area contributed by atoms with Gasteiger partial charge in [0.05, 0.1) is 12.6 Å². The number of amides is 2. The molecule has 6 nitrogen and oxygen atoms in total. The standard InChI is InChI=1S/C14H26N2O4/c1-7-19-10-8-11(12(17)15(5)6)16(9-10)13(18)20-14(2,3)4/h10-11H,7-9H2,1-6H3/t10-,11+/m1/s1. The van der Waals surface area contributed by atoms with Crippen LogP contribution in [0.5, 0.6) is 0 Å². The van der Waals surface area contributed by atoms with Gasteiger partial charge >= 0.3 is 6.09 Å². The zero-order chi connectivity index (χ0) is 15.5. The molecule has 116 valence electrons. The molecule has 0 N–H and O–H groups in total. The lowest BCUT2D eigenvalue weighted by Gasteiger charge is -2.29. The Kier molecular flexibility index (Phi) is 5.39. The number of hydrogen-bond donors (Lipinski definition) is 0. The Morgan fingerprint density at radius 2 is 1.90 bits per heavy atom. The first-order chi connectivity index (χ1) is 9.15. The number of carbonyl (C=O) groups is 2. The molecule has 0 aliphatic carbocycles. The third-order valence-corrected chi connectivity index (χ3v) is 3.02. The number of ether oxygens (including phenoxy) is 2. The van der Waals surface area contributed by atoms with Gasteiger partial charge in [0.25, 0.3) is 0 Å². The molecule has 0 aromatic carbocycles. The van der Waals surface area contributed by atoms with Crippen molar-refractivity contribution in [3.05, 3.63) is 0 Å². The molecule has 0 unspecified atom stereocenters. The fourth-order valence-corrected chi connectivity index (χ4v) is 2.21. The van der Waals surface area contributed by atoms with Crippen LogP contribution in [0.15, 0.2) is 0 Å². The van der Waals surface area contributed by atoms with Crippen LogP contribution in [0.4, 0.5) is 4.79 Å². The largest absolute Gasteiger partial charge is 0.444 e. The van der Waals surface area contributed by atoms with E-state index in [9.17, 15) is 9.59 Å². The summed E-state index contributed by atoms with van der Waals surface area (Å²) in [6.07, 6.45) is -0.0503. The van der Waals surface area contributed by atoms with Crippen molar-refractivity contribution in [2.75, 3.05) is 27.2 Å². The smallest absolute Gasteiger partial charge is 0.411 e. The molecule has 0 bridgehead atoms. The summed E-state index contributed by atoms with van der Waals surface area (Å²) in [7, 11) is 3.37. The van der Waals surface area contributed by atoms with Crippen molar-refractivity contribution in [2.45, 2.75) is 51.9 Å². The van der Waals surface area contributed by atoms with E-state index in [4.69, 9.17) is 9.47 Å². The summed E-state index contributed by atoms with van der Waals surface area (Å²) in [5.41, 5.74) is -0.577. The van der Waals surface area contributed by atoms with E-state index >= 15 is 0 Å². The molecule has 1 aliphatic heterocycles. The van der Waals surface area contributed by atoms with Crippen LogP contribution < -0.4 is 0 Å². The Labute approximate surface area is 121 Å². The second-order valence-electron chi connectivity index (χ2n) is 6.19. The first kappa shape index (κ1) is 16.8. The van der Waals surface area contributed by atoms with Gasteiger partial charge in [0.1, 0.15) is 11.6 Å². The minimum Gasteiger partial charge on any atom is -0.444 e. The lowest BCUT2D eigenvalue weighted by molar-refractivity contribution is -0.133. The van der Waals surface area contributed by atoms with E-state index in [-0.39, 0.29) is 12.0 Å². The Balaban J connectivity index is 2.83. The second kappa shape index (κ2) is 6.43. The van der Waals surface area contributed by atoms with Gasteiger partial charge in [0.15, 0.2) is 0 Å². The monoisotopic (exact) mass is 286 g/mol. The van der Waals surface area contributed by atoms with Crippen molar-refractivity contribution in [1.29, 1.82) is 0 Å². The van der Waals surface area contributed by atoms with Gasteiger partial charge in [-0.15, -0.1) is 0 Å². The summed E-state index contributed by atoms with van der Waals surface area (Å²) in [5.74, 6) is -0.0990. The minimum absolute atomic E-state index is 0.0990. The second-order valence-corrected chi connectivity index (χ2v) is 6.19. The molecule has 1 rings (SSSR count). The lowest BCUT2D eigenvalue weighted by Crippen LogP contribution is -2.47. The van der Waals surface area contributed by atoms with Crippen LogP contribution in [0.3, 0.4) is 0 Å². The van der Waals surface area contributed by atoms with Crippen molar-refractivity contribution in [3.8, 4) is 0 Å². The molecule has 0 saturated carbocycles. The first-order valence-corrected chi connectivity index (χ1v) is 6.98. The van der Waals surface area contributed by atoms with Crippen molar-refractivity contribution in [1.82, 2.24) is 9.80 Å². The fourth-order valence-electron chi connectivity index (χ4n) is 2.21. The van der Waals surface area contributed by atoms with Gasteiger partial charge in [-0.3, -0.25) is 9.69 Å². The average Bonchev–Trinajstić information content (AvgIpc) is 2.70. The summed E-state index contributed by atoms with van der Waals surface area (Å²) in [4.78, 5) is 27.4. The van der Waals surface area contributed by atoms with Gasteiger partial charge in [-0.1, -0.05) is 0 Å². The fraction of sp³-hybridized carbons (Fsp3) is 0.857. The van der Waals surface area contributed by atoms with Crippen molar-refractivity contribution in [3.63, 3.8) is 0 Å². The zero-order valence-corrected chi connectivity index (χ0v) is 13.3. The predicted octanol–water partition coefficient (Wildman–Crippen LogP) is 1.49. The Hall–Kier alpha value is -1.30. The van der Waals surface area contributed by atoms with E-state index in [1.165, 1.54) is 9.80 Å². The molecule has 0 spiro atoms. The molecule has 2 amide bonds. The van der Waals surface area contributed by atoms with Crippen LogP contribution in [0.25, 0.3) is 0 Å². The van der Waals surface area contributed by atoms with E-state index < -0.39 is 17.7 Å². The third-order valence-electron chi connectivity index (χ3n) is 3.02. The maximum absolute atomic E-state index is 12.2. The van der Waals surface area contributed by atoms with Gasteiger partial charge in [-0.25, -0.2) is 4.79 Å². The molecule has 1 saturated heterocycles. The van der Waals surface area contributed by atoms with Gasteiger partial charge in [0, 0.05) is 27.1 Å². The van der Waals surface area contributed by atoms with Crippen LogP contribution >= 0.6 is 0 Å². The quantitative estimate of drug-likeness (QED) is 0.788. The van der Waals surface area contributed by atoms with Crippen LogP contribution in [0, 0.1) is 0 Å². The summed E-state index contributed by atoms with van der Waals surface area (Å²) in [6, 6.07) is -0.503. The molecule has 0 aromatic heterocycles. The summed E-state index contributed by atoms with van der Waals surface area (Å²) >= 11 is 0. The maximum atomic E-state index is 12.2. The number of rotatable bonds is 3. The maximum Gasteiger partial charge on any atom is 0.411 e. The van der Waals surface area contributed by atoms with Crippen LogP contribution in [0.2, 0.25) is 0 Å². The molecule has 0 radical (unpaired) electrons. The molecule has 6 heteroatoms. The number of hydrogen-bond acceptors (Lipinski definition) is 4. The van der Waals surface area contributed by atoms with Gasteiger partial charge in [-0.05, 0) is 27.7 Å². The van der Waals surface area contributed by atoms with Gasteiger partial charge in [0.2, 0.25) is 5.91 Å². The lowest BCUT2D eigenvalue weighted by atomic mass is 10.2. The summed E-state index contributed by atoms with van der Waals surface area (Å²) < 4.78 is 10.9. The van der Waals surface area contributed by atoms with Crippen LogP contribution in [0.1, 0.15) is 34.1 Å². The first-order valence-electron chi connectivity index (χ1n) is 6.98. The Morgan fingerprint density at radius 3 is 2.35 bits per heavy atom. The topological polar surface area (TPSA) is 59.1 Å². The molecule has 2 atom stereocenters. The Morgan fingerprint density at radius 1 is 1.30 bits per heavy atom. The van der Waals surface area contributed by atoms with Crippen LogP contribution in [-0.4, -0.2) is 66.8 Å². The molecule has 1 aliphatic rings. The third kappa shape index (κ3) is 4.37. The SMILES string of the molecule is CCO[C@@H]1C[C@@H](C(=O)N(C)C)N(C(=O)OC(C)(C)C)C1.